The summed E-state index contributed by atoms with van der Waals surface area (Å²) in [7, 11) is 3.06. The maximum atomic E-state index is 13.5. The summed E-state index contributed by atoms with van der Waals surface area (Å²) in [6.07, 6.45) is 0.0243. The zero-order chi connectivity index (χ0) is 23.5. The van der Waals surface area contributed by atoms with Crippen molar-refractivity contribution >= 4 is 16.9 Å². The Kier molecular flexibility index (Phi) is 6.18. The Morgan fingerprint density at radius 2 is 1.64 bits per heavy atom. The van der Waals surface area contributed by atoms with Gasteiger partial charge >= 0.3 is 5.97 Å². The van der Waals surface area contributed by atoms with Gasteiger partial charge in [0.25, 0.3) is 0 Å². The van der Waals surface area contributed by atoms with E-state index in [0.717, 1.165) is 16.7 Å². The van der Waals surface area contributed by atoms with Crippen molar-refractivity contribution in [3.05, 3.63) is 87.6 Å². The summed E-state index contributed by atoms with van der Waals surface area (Å²) in [5.41, 5.74) is 3.06. The molecule has 1 heterocycles. The Morgan fingerprint density at radius 1 is 0.909 bits per heavy atom. The van der Waals surface area contributed by atoms with Crippen LogP contribution in [0.15, 0.2) is 69.9 Å². The van der Waals surface area contributed by atoms with Crippen molar-refractivity contribution in [2.45, 2.75) is 20.3 Å². The predicted molar refractivity (Wildman–Crippen MR) is 126 cm³/mol. The number of carbonyl (C=O) groups excluding carboxylic acids is 1. The van der Waals surface area contributed by atoms with Crippen LogP contribution < -0.4 is 19.6 Å². The molecular formula is C27H24O6. The Bertz CT molecular complexity index is 1390. The topological polar surface area (TPSA) is 75.0 Å². The molecule has 0 aliphatic rings. The maximum absolute atomic E-state index is 13.5. The predicted octanol–water partition coefficient (Wildman–Crippen LogP) is 5.24. The molecule has 0 atom stereocenters. The minimum atomic E-state index is -0.557. The number of ether oxygens (including phenoxy) is 3. The quantitative estimate of drug-likeness (QED) is 0.379. The van der Waals surface area contributed by atoms with Crippen LogP contribution >= 0.6 is 0 Å². The molecule has 0 amide bonds. The van der Waals surface area contributed by atoms with Gasteiger partial charge in [0.15, 0.2) is 17.3 Å². The largest absolute Gasteiger partial charge is 0.493 e. The van der Waals surface area contributed by atoms with Crippen LogP contribution in [0.5, 0.6) is 17.2 Å². The molecule has 3 aromatic carbocycles. The van der Waals surface area contributed by atoms with Crippen molar-refractivity contribution in [3.63, 3.8) is 0 Å². The highest BCUT2D eigenvalue weighted by molar-refractivity contribution is 5.87. The van der Waals surface area contributed by atoms with Gasteiger partial charge in [-0.1, -0.05) is 36.4 Å². The van der Waals surface area contributed by atoms with E-state index >= 15 is 0 Å². The first-order valence-electron chi connectivity index (χ1n) is 10.5. The SMILES string of the molecule is COc1ccc(-c2oc3c(C)cc(C)cc3c(=O)c2OC(=O)Cc2ccccc2)cc1OC. The van der Waals surface area contributed by atoms with Crippen LogP contribution in [0.1, 0.15) is 16.7 Å². The summed E-state index contributed by atoms with van der Waals surface area (Å²) < 4.78 is 22.5. The molecule has 0 aliphatic heterocycles. The summed E-state index contributed by atoms with van der Waals surface area (Å²) in [5, 5.41) is 0.360. The highest BCUT2D eigenvalue weighted by Gasteiger charge is 2.23. The van der Waals surface area contributed by atoms with E-state index in [9.17, 15) is 9.59 Å². The summed E-state index contributed by atoms with van der Waals surface area (Å²) in [6, 6.07) is 18.0. The molecule has 0 saturated carbocycles. The van der Waals surface area contributed by atoms with Gasteiger partial charge in [0.1, 0.15) is 5.58 Å². The average Bonchev–Trinajstić information content (AvgIpc) is 2.81. The Labute approximate surface area is 191 Å². The molecule has 0 radical (unpaired) electrons. The fourth-order valence-corrected chi connectivity index (χ4v) is 3.80. The second-order valence-electron chi connectivity index (χ2n) is 7.75. The summed E-state index contributed by atoms with van der Waals surface area (Å²) >= 11 is 0. The van der Waals surface area contributed by atoms with Crippen LogP contribution in [0, 0.1) is 13.8 Å². The van der Waals surface area contributed by atoms with Gasteiger partial charge in [0.2, 0.25) is 11.2 Å². The first-order valence-corrected chi connectivity index (χ1v) is 10.5. The van der Waals surface area contributed by atoms with E-state index in [0.29, 0.717) is 28.0 Å². The third-order valence-corrected chi connectivity index (χ3v) is 5.33. The molecule has 0 fully saturated rings. The van der Waals surface area contributed by atoms with Crippen molar-refractivity contribution in [2.24, 2.45) is 0 Å². The lowest BCUT2D eigenvalue weighted by molar-refractivity contribution is -0.133. The number of methoxy groups -OCH3 is 2. The zero-order valence-corrected chi connectivity index (χ0v) is 18.9. The van der Waals surface area contributed by atoms with E-state index in [1.807, 2.05) is 50.2 Å². The van der Waals surface area contributed by atoms with Crippen molar-refractivity contribution < 1.29 is 23.4 Å². The van der Waals surface area contributed by atoms with Crippen LogP contribution in [-0.2, 0) is 11.2 Å². The van der Waals surface area contributed by atoms with Crippen LogP contribution in [0.3, 0.4) is 0 Å². The first-order chi connectivity index (χ1) is 15.9. The molecule has 0 aliphatic carbocycles. The lowest BCUT2D eigenvalue weighted by atomic mass is 10.0. The van der Waals surface area contributed by atoms with Gasteiger partial charge in [0, 0.05) is 5.56 Å². The summed E-state index contributed by atoms with van der Waals surface area (Å²) in [4.78, 5) is 26.3. The van der Waals surface area contributed by atoms with Gasteiger partial charge in [0.05, 0.1) is 26.0 Å². The lowest BCUT2D eigenvalue weighted by Gasteiger charge is -2.14. The standard InChI is InChI=1S/C27H24O6/c1-16-12-17(2)25-20(13-16)24(29)27(32-23(28)14-18-8-6-5-7-9-18)26(33-25)19-10-11-21(30-3)22(15-19)31-4/h5-13,15H,14H2,1-4H3. The van der Waals surface area contributed by atoms with Crippen molar-refractivity contribution in [1.29, 1.82) is 0 Å². The van der Waals surface area contributed by atoms with E-state index < -0.39 is 11.4 Å². The van der Waals surface area contributed by atoms with Gasteiger partial charge in [-0.05, 0) is 54.8 Å². The van der Waals surface area contributed by atoms with Crippen molar-refractivity contribution in [3.8, 4) is 28.6 Å². The first kappa shape index (κ1) is 22.1. The third kappa shape index (κ3) is 4.46. The van der Waals surface area contributed by atoms with Crippen molar-refractivity contribution in [1.82, 2.24) is 0 Å². The van der Waals surface area contributed by atoms with E-state index in [2.05, 4.69) is 0 Å². The average molecular weight is 444 g/mol. The van der Waals surface area contributed by atoms with Gasteiger partial charge in [-0.25, -0.2) is 0 Å². The van der Waals surface area contributed by atoms with Crippen LogP contribution in [-0.4, -0.2) is 20.2 Å². The number of fused-ring (bicyclic) bond motifs is 1. The minimum Gasteiger partial charge on any atom is -0.493 e. The summed E-state index contributed by atoms with van der Waals surface area (Å²) in [5.74, 6) is 0.431. The molecule has 0 saturated heterocycles. The molecule has 6 heteroatoms. The zero-order valence-electron chi connectivity index (χ0n) is 18.9. The van der Waals surface area contributed by atoms with Crippen molar-refractivity contribution in [2.75, 3.05) is 14.2 Å². The molecule has 4 rings (SSSR count). The minimum absolute atomic E-state index is 0.0243. The lowest BCUT2D eigenvalue weighted by Crippen LogP contribution is -2.18. The second-order valence-corrected chi connectivity index (χ2v) is 7.75. The smallest absolute Gasteiger partial charge is 0.315 e. The number of hydrogen-bond donors (Lipinski definition) is 0. The molecular weight excluding hydrogens is 420 g/mol. The normalized spacial score (nSPS) is 10.8. The second kappa shape index (κ2) is 9.20. The van der Waals surface area contributed by atoms with Gasteiger partial charge in [-0.15, -0.1) is 0 Å². The van der Waals surface area contributed by atoms with Gasteiger partial charge in [-0.2, -0.15) is 0 Å². The number of benzene rings is 3. The number of rotatable bonds is 6. The molecule has 0 N–H and O–H groups in total. The number of carbonyl (C=O) groups is 1. The van der Waals surface area contributed by atoms with Crippen LogP contribution in [0.4, 0.5) is 0 Å². The molecule has 33 heavy (non-hydrogen) atoms. The Hall–Kier alpha value is -4.06. The Morgan fingerprint density at radius 3 is 2.33 bits per heavy atom. The number of aryl methyl sites for hydroxylation is 2. The number of hydrogen-bond acceptors (Lipinski definition) is 6. The molecule has 0 spiro atoms. The number of esters is 1. The van der Waals surface area contributed by atoms with Crippen LogP contribution in [0.2, 0.25) is 0 Å². The third-order valence-electron chi connectivity index (χ3n) is 5.33. The molecule has 168 valence electrons. The van der Waals surface area contributed by atoms with E-state index in [-0.39, 0.29) is 17.9 Å². The molecule has 0 unspecified atom stereocenters. The fourth-order valence-electron chi connectivity index (χ4n) is 3.80. The van der Waals surface area contributed by atoms with Crippen LogP contribution in [0.25, 0.3) is 22.3 Å². The van der Waals surface area contributed by atoms with E-state index in [1.54, 1.807) is 24.3 Å². The van der Waals surface area contributed by atoms with E-state index in [1.165, 1.54) is 14.2 Å². The molecule has 4 aromatic rings. The van der Waals surface area contributed by atoms with Gasteiger partial charge in [-0.3, -0.25) is 9.59 Å². The molecule has 6 nitrogen and oxygen atoms in total. The molecule has 1 aromatic heterocycles. The Balaban J connectivity index is 1.89. The highest BCUT2D eigenvalue weighted by atomic mass is 16.5. The summed E-state index contributed by atoms with van der Waals surface area (Å²) in [6.45, 7) is 3.77. The fraction of sp³-hybridized carbons (Fsp3) is 0.185. The molecule has 0 bridgehead atoms. The van der Waals surface area contributed by atoms with Gasteiger partial charge < -0.3 is 18.6 Å². The van der Waals surface area contributed by atoms with E-state index in [4.69, 9.17) is 18.6 Å². The highest BCUT2D eigenvalue weighted by Crippen LogP contribution is 2.37. The monoisotopic (exact) mass is 444 g/mol. The maximum Gasteiger partial charge on any atom is 0.315 e.